The van der Waals surface area contributed by atoms with Crippen LogP contribution in [0.15, 0.2) is 42.7 Å². The van der Waals surface area contributed by atoms with E-state index in [1.54, 1.807) is 12.4 Å². The molecule has 0 aliphatic carbocycles. The molecular weight excluding hydrogens is 226 g/mol. The van der Waals surface area contributed by atoms with E-state index in [4.69, 9.17) is 10.5 Å². The van der Waals surface area contributed by atoms with Gasteiger partial charge < -0.3 is 15.8 Å². The van der Waals surface area contributed by atoms with Gasteiger partial charge in [0.15, 0.2) is 0 Å². The summed E-state index contributed by atoms with van der Waals surface area (Å²) in [6.07, 6.45) is 3.56. The molecule has 0 unspecified atom stereocenters. The maximum atomic E-state index is 5.83. The van der Waals surface area contributed by atoms with E-state index in [9.17, 15) is 0 Å². The van der Waals surface area contributed by atoms with Gasteiger partial charge in [-0.1, -0.05) is 0 Å². The maximum absolute atomic E-state index is 5.83. The van der Waals surface area contributed by atoms with Crippen molar-refractivity contribution in [3.05, 3.63) is 48.3 Å². The number of nitrogen functional groups attached to an aromatic ring is 1. The monoisotopic (exact) mass is 243 g/mol. The van der Waals surface area contributed by atoms with Gasteiger partial charge in [0.25, 0.3) is 0 Å². The maximum Gasteiger partial charge on any atom is 0.123 e. The third-order valence-electron chi connectivity index (χ3n) is 2.49. The zero-order valence-corrected chi connectivity index (χ0v) is 10.4. The highest BCUT2D eigenvalue weighted by Gasteiger charge is 2.00. The molecule has 2 rings (SSSR count). The summed E-state index contributed by atoms with van der Waals surface area (Å²) in [5.41, 5.74) is 8.65. The molecule has 4 heteroatoms. The lowest BCUT2D eigenvalue weighted by Crippen LogP contribution is -2.01. The minimum atomic E-state index is 0.632. The smallest absolute Gasteiger partial charge is 0.123 e. The van der Waals surface area contributed by atoms with Gasteiger partial charge in [0.2, 0.25) is 0 Å². The van der Waals surface area contributed by atoms with Gasteiger partial charge in [-0.25, -0.2) is 0 Å². The van der Waals surface area contributed by atoms with Crippen molar-refractivity contribution >= 4 is 11.4 Å². The van der Waals surface area contributed by atoms with Gasteiger partial charge in [0.1, 0.15) is 5.75 Å². The number of nitrogens with one attached hydrogen (secondary N) is 1. The van der Waals surface area contributed by atoms with Gasteiger partial charge >= 0.3 is 0 Å². The van der Waals surface area contributed by atoms with Crippen molar-refractivity contribution in [1.82, 2.24) is 4.98 Å². The SMILES string of the molecule is CCOc1cc(N)cc(NCc2ccncc2)c1. The second-order valence-electron chi connectivity index (χ2n) is 3.93. The molecule has 2 aromatic rings. The summed E-state index contributed by atoms with van der Waals surface area (Å²) in [5, 5.41) is 3.31. The number of ether oxygens (including phenoxy) is 1. The van der Waals surface area contributed by atoms with Crippen LogP contribution in [0.1, 0.15) is 12.5 Å². The van der Waals surface area contributed by atoms with E-state index < -0.39 is 0 Å². The lowest BCUT2D eigenvalue weighted by atomic mass is 10.2. The third-order valence-corrected chi connectivity index (χ3v) is 2.49. The van der Waals surface area contributed by atoms with Gasteiger partial charge in [0, 0.05) is 42.4 Å². The summed E-state index contributed by atoms with van der Waals surface area (Å²) >= 11 is 0. The molecular formula is C14H17N3O. The van der Waals surface area contributed by atoms with E-state index in [1.807, 2.05) is 37.3 Å². The number of pyridine rings is 1. The van der Waals surface area contributed by atoms with Crippen LogP contribution < -0.4 is 15.8 Å². The average molecular weight is 243 g/mol. The van der Waals surface area contributed by atoms with E-state index in [0.29, 0.717) is 12.3 Å². The highest BCUT2D eigenvalue weighted by atomic mass is 16.5. The molecule has 0 spiro atoms. The zero-order chi connectivity index (χ0) is 12.8. The number of anilines is 2. The van der Waals surface area contributed by atoms with Crippen molar-refractivity contribution in [2.24, 2.45) is 0 Å². The third kappa shape index (κ3) is 3.38. The molecule has 0 atom stereocenters. The van der Waals surface area contributed by atoms with Gasteiger partial charge in [-0.15, -0.1) is 0 Å². The topological polar surface area (TPSA) is 60.2 Å². The molecule has 0 aliphatic rings. The summed E-state index contributed by atoms with van der Waals surface area (Å²) in [6, 6.07) is 9.61. The van der Waals surface area contributed by atoms with Gasteiger partial charge in [-0.3, -0.25) is 4.98 Å². The summed E-state index contributed by atoms with van der Waals surface area (Å²) < 4.78 is 5.45. The Bertz CT molecular complexity index is 500. The molecule has 0 bridgehead atoms. The molecule has 1 aromatic carbocycles. The Labute approximate surface area is 107 Å². The number of hydrogen-bond donors (Lipinski definition) is 2. The molecule has 0 aliphatic heterocycles. The Kier molecular flexibility index (Phi) is 4.02. The lowest BCUT2D eigenvalue weighted by Gasteiger charge is -2.10. The molecule has 0 radical (unpaired) electrons. The molecule has 94 valence electrons. The molecule has 3 N–H and O–H groups in total. The number of nitrogens with zero attached hydrogens (tertiary/aromatic N) is 1. The second-order valence-corrected chi connectivity index (χ2v) is 3.93. The van der Waals surface area contributed by atoms with Gasteiger partial charge in [0.05, 0.1) is 6.61 Å². The Morgan fingerprint density at radius 1 is 1.22 bits per heavy atom. The molecule has 1 heterocycles. The van der Waals surface area contributed by atoms with Gasteiger partial charge in [-0.05, 0) is 30.7 Å². The molecule has 4 nitrogen and oxygen atoms in total. The highest BCUT2D eigenvalue weighted by Crippen LogP contribution is 2.23. The minimum Gasteiger partial charge on any atom is -0.494 e. The van der Waals surface area contributed by atoms with Crippen molar-refractivity contribution in [2.75, 3.05) is 17.7 Å². The first-order chi connectivity index (χ1) is 8.78. The van der Waals surface area contributed by atoms with E-state index in [2.05, 4.69) is 10.3 Å². The first kappa shape index (κ1) is 12.2. The van der Waals surface area contributed by atoms with E-state index in [1.165, 1.54) is 5.56 Å². The van der Waals surface area contributed by atoms with E-state index in [0.717, 1.165) is 18.0 Å². The van der Waals surface area contributed by atoms with Crippen LogP contribution in [-0.2, 0) is 6.54 Å². The number of benzene rings is 1. The summed E-state index contributed by atoms with van der Waals surface area (Å²) in [7, 11) is 0. The molecule has 0 saturated heterocycles. The quantitative estimate of drug-likeness (QED) is 0.793. The van der Waals surface area contributed by atoms with Crippen LogP contribution in [0.25, 0.3) is 0 Å². The Hall–Kier alpha value is -2.23. The first-order valence-corrected chi connectivity index (χ1v) is 5.94. The molecule has 18 heavy (non-hydrogen) atoms. The summed E-state index contributed by atoms with van der Waals surface area (Å²) in [4.78, 5) is 3.99. The van der Waals surface area contributed by atoms with Crippen LogP contribution in [-0.4, -0.2) is 11.6 Å². The van der Waals surface area contributed by atoms with Crippen LogP contribution in [0.4, 0.5) is 11.4 Å². The summed E-state index contributed by atoms with van der Waals surface area (Å²) in [6.45, 7) is 3.32. The van der Waals surface area contributed by atoms with Crippen molar-refractivity contribution in [3.63, 3.8) is 0 Å². The first-order valence-electron chi connectivity index (χ1n) is 5.94. The van der Waals surface area contributed by atoms with Crippen LogP contribution in [0.2, 0.25) is 0 Å². The van der Waals surface area contributed by atoms with Gasteiger partial charge in [-0.2, -0.15) is 0 Å². The van der Waals surface area contributed by atoms with Crippen molar-refractivity contribution < 1.29 is 4.74 Å². The minimum absolute atomic E-state index is 0.632. The highest BCUT2D eigenvalue weighted by molar-refractivity contribution is 5.59. The fourth-order valence-electron chi connectivity index (χ4n) is 1.68. The van der Waals surface area contributed by atoms with Crippen molar-refractivity contribution in [3.8, 4) is 5.75 Å². The van der Waals surface area contributed by atoms with Crippen LogP contribution in [0.3, 0.4) is 0 Å². The van der Waals surface area contributed by atoms with Crippen LogP contribution in [0, 0.1) is 0 Å². The second kappa shape index (κ2) is 5.91. The number of rotatable bonds is 5. The van der Waals surface area contributed by atoms with Crippen LogP contribution in [0.5, 0.6) is 5.75 Å². The zero-order valence-electron chi connectivity index (χ0n) is 10.4. The molecule has 0 amide bonds. The predicted octanol–water partition coefficient (Wildman–Crippen LogP) is 2.67. The standard InChI is InChI=1S/C14H17N3O/c1-2-18-14-8-12(15)7-13(9-14)17-10-11-3-5-16-6-4-11/h3-9,17H,2,10,15H2,1H3. The fraction of sp³-hybridized carbons (Fsp3) is 0.214. The number of nitrogens with two attached hydrogens (primary N) is 1. The molecule has 0 fully saturated rings. The Balaban J connectivity index is 2.05. The fourth-order valence-corrected chi connectivity index (χ4v) is 1.68. The molecule has 0 saturated carbocycles. The Morgan fingerprint density at radius 2 is 2.00 bits per heavy atom. The van der Waals surface area contributed by atoms with Crippen molar-refractivity contribution in [2.45, 2.75) is 13.5 Å². The Morgan fingerprint density at radius 3 is 2.72 bits per heavy atom. The molecule has 1 aromatic heterocycles. The normalized spacial score (nSPS) is 10.1. The summed E-state index contributed by atoms with van der Waals surface area (Å²) in [5.74, 6) is 0.787. The van der Waals surface area contributed by atoms with E-state index >= 15 is 0 Å². The number of aromatic nitrogens is 1. The van der Waals surface area contributed by atoms with Crippen LogP contribution >= 0.6 is 0 Å². The average Bonchev–Trinajstić information content (AvgIpc) is 2.37. The largest absolute Gasteiger partial charge is 0.494 e. The lowest BCUT2D eigenvalue weighted by molar-refractivity contribution is 0.340. The van der Waals surface area contributed by atoms with Crippen molar-refractivity contribution in [1.29, 1.82) is 0 Å². The predicted molar refractivity (Wildman–Crippen MR) is 73.6 cm³/mol. The number of hydrogen-bond acceptors (Lipinski definition) is 4. The van der Waals surface area contributed by atoms with E-state index in [-0.39, 0.29) is 0 Å².